The smallest absolute Gasteiger partial charge is 0.306 e. The molecule has 0 radical (unpaired) electrons. The van der Waals surface area contributed by atoms with E-state index in [1.165, 1.54) is 33.3 Å². The molecule has 0 spiro atoms. The number of hydrogen-bond donors (Lipinski definition) is 1. The number of fused-ring (bicyclic) bond motifs is 3. The third kappa shape index (κ3) is 1.76. The second kappa shape index (κ2) is 4.12. The second-order valence-electron chi connectivity index (χ2n) is 5.74. The molecule has 0 aliphatic heterocycles. The minimum Gasteiger partial charge on any atom is -0.481 e. The number of carboxylic acid groups (broad SMARTS) is 1. The first-order valence-electron chi connectivity index (χ1n) is 6.79. The maximum Gasteiger partial charge on any atom is 0.306 e. The molecule has 1 aliphatic carbocycles. The van der Waals surface area contributed by atoms with Crippen LogP contribution in [0, 0.1) is 19.8 Å². The van der Waals surface area contributed by atoms with Crippen molar-refractivity contribution < 1.29 is 9.90 Å². The number of carbonyl (C=O) groups is 1. The molecular weight excluding hydrogens is 238 g/mol. The molecule has 1 N–H and O–H groups in total. The molecule has 0 saturated carbocycles. The van der Waals surface area contributed by atoms with E-state index in [1.54, 1.807) is 0 Å². The zero-order chi connectivity index (χ0) is 13.7. The molecule has 1 atom stereocenters. The van der Waals surface area contributed by atoms with Gasteiger partial charge < -0.3 is 9.67 Å². The molecule has 3 rings (SSSR count). The zero-order valence-electron chi connectivity index (χ0n) is 11.7. The van der Waals surface area contributed by atoms with E-state index in [4.69, 9.17) is 0 Å². The number of aryl methyl sites for hydroxylation is 3. The SMILES string of the molecule is Cc1cc(C)c2c3c(n(C)c2c1)CCC(C(=O)O)C3. The zero-order valence-corrected chi connectivity index (χ0v) is 11.7. The summed E-state index contributed by atoms with van der Waals surface area (Å²) in [7, 11) is 2.10. The predicted molar refractivity (Wildman–Crippen MR) is 75.5 cm³/mol. The fourth-order valence-corrected chi connectivity index (χ4v) is 3.50. The molecule has 1 heterocycles. The molecule has 3 heteroatoms. The molecule has 2 aromatic rings. The van der Waals surface area contributed by atoms with Gasteiger partial charge in [0.05, 0.1) is 5.92 Å². The summed E-state index contributed by atoms with van der Waals surface area (Å²) in [4.78, 5) is 11.2. The molecule has 0 bridgehead atoms. The number of hydrogen-bond acceptors (Lipinski definition) is 1. The van der Waals surface area contributed by atoms with Gasteiger partial charge in [-0.1, -0.05) is 6.07 Å². The van der Waals surface area contributed by atoms with Crippen LogP contribution in [-0.4, -0.2) is 15.6 Å². The lowest BCUT2D eigenvalue weighted by Crippen LogP contribution is -2.22. The van der Waals surface area contributed by atoms with Crippen LogP contribution >= 0.6 is 0 Å². The van der Waals surface area contributed by atoms with Crippen molar-refractivity contribution in [3.05, 3.63) is 34.5 Å². The Morgan fingerprint density at radius 2 is 2.11 bits per heavy atom. The van der Waals surface area contributed by atoms with Crippen molar-refractivity contribution in [3.63, 3.8) is 0 Å². The summed E-state index contributed by atoms with van der Waals surface area (Å²) in [6, 6.07) is 4.39. The first-order valence-corrected chi connectivity index (χ1v) is 6.79. The Balaban J connectivity index is 2.26. The Bertz CT molecular complexity index is 682. The first kappa shape index (κ1) is 12.3. The highest BCUT2D eigenvalue weighted by molar-refractivity contribution is 5.90. The Morgan fingerprint density at radius 1 is 1.37 bits per heavy atom. The fourth-order valence-electron chi connectivity index (χ4n) is 3.50. The maximum absolute atomic E-state index is 11.2. The molecule has 3 nitrogen and oxygen atoms in total. The molecule has 0 fully saturated rings. The Morgan fingerprint density at radius 3 is 2.79 bits per heavy atom. The average Bonchev–Trinajstić information content (AvgIpc) is 2.62. The summed E-state index contributed by atoms with van der Waals surface area (Å²) in [5.74, 6) is -0.883. The topological polar surface area (TPSA) is 42.2 Å². The van der Waals surface area contributed by atoms with Crippen LogP contribution in [0.4, 0.5) is 0 Å². The van der Waals surface area contributed by atoms with Gasteiger partial charge in [0.2, 0.25) is 0 Å². The van der Waals surface area contributed by atoms with Crippen LogP contribution in [0.25, 0.3) is 10.9 Å². The monoisotopic (exact) mass is 257 g/mol. The molecular formula is C16H19NO2. The van der Waals surface area contributed by atoms with Crippen molar-refractivity contribution in [3.8, 4) is 0 Å². The lowest BCUT2D eigenvalue weighted by atomic mass is 9.85. The van der Waals surface area contributed by atoms with Gasteiger partial charge in [0.1, 0.15) is 0 Å². The van der Waals surface area contributed by atoms with Crippen LogP contribution in [0.5, 0.6) is 0 Å². The standard InChI is InChI=1S/C16H19NO2/c1-9-6-10(2)15-12-8-11(16(18)19)4-5-13(12)17(3)14(15)7-9/h6-7,11H,4-5,8H2,1-3H3,(H,18,19). The Hall–Kier alpha value is -1.77. The van der Waals surface area contributed by atoms with E-state index in [1.807, 2.05) is 0 Å². The highest BCUT2D eigenvalue weighted by atomic mass is 16.4. The van der Waals surface area contributed by atoms with Crippen molar-refractivity contribution in [2.24, 2.45) is 13.0 Å². The fraction of sp³-hybridized carbons (Fsp3) is 0.438. The third-order valence-electron chi connectivity index (χ3n) is 4.40. The molecule has 1 unspecified atom stereocenters. The molecule has 19 heavy (non-hydrogen) atoms. The quantitative estimate of drug-likeness (QED) is 0.853. The van der Waals surface area contributed by atoms with Gasteiger partial charge in [0.25, 0.3) is 0 Å². The van der Waals surface area contributed by atoms with Crippen molar-refractivity contribution in [2.75, 3.05) is 0 Å². The van der Waals surface area contributed by atoms with Gasteiger partial charge in [-0.2, -0.15) is 0 Å². The lowest BCUT2D eigenvalue weighted by molar-refractivity contribution is -0.142. The molecule has 1 aromatic heterocycles. The van der Waals surface area contributed by atoms with Crippen molar-refractivity contribution in [1.29, 1.82) is 0 Å². The minimum atomic E-state index is -0.660. The van der Waals surface area contributed by atoms with Gasteiger partial charge in [-0.3, -0.25) is 4.79 Å². The van der Waals surface area contributed by atoms with Crippen molar-refractivity contribution >= 4 is 16.9 Å². The number of aromatic nitrogens is 1. The third-order valence-corrected chi connectivity index (χ3v) is 4.40. The summed E-state index contributed by atoms with van der Waals surface area (Å²) >= 11 is 0. The van der Waals surface area contributed by atoms with Crippen molar-refractivity contribution in [1.82, 2.24) is 4.57 Å². The number of nitrogens with zero attached hydrogens (tertiary/aromatic N) is 1. The van der Waals surface area contributed by atoms with Crippen LogP contribution in [0.15, 0.2) is 12.1 Å². The summed E-state index contributed by atoms with van der Waals surface area (Å²) < 4.78 is 2.25. The Labute approximate surface area is 112 Å². The maximum atomic E-state index is 11.2. The van der Waals surface area contributed by atoms with Gasteiger partial charge in [0.15, 0.2) is 0 Å². The van der Waals surface area contributed by atoms with E-state index in [0.717, 1.165) is 12.8 Å². The first-order chi connectivity index (χ1) is 8.99. The number of benzene rings is 1. The van der Waals surface area contributed by atoms with E-state index < -0.39 is 5.97 Å². The summed E-state index contributed by atoms with van der Waals surface area (Å²) in [6.07, 6.45) is 2.30. The van der Waals surface area contributed by atoms with Gasteiger partial charge in [-0.25, -0.2) is 0 Å². The second-order valence-corrected chi connectivity index (χ2v) is 5.74. The van der Waals surface area contributed by atoms with E-state index >= 15 is 0 Å². The van der Waals surface area contributed by atoms with Crippen LogP contribution in [0.2, 0.25) is 0 Å². The Kier molecular flexibility index (Phi) is 2.66. The van der Waals surface area contributed by atoms with Crippen molar-refractivity contribution in [2.45, 2.75) is 33.1 Å². The van der Waals surface area contributed by atoms with E-state index in [-0.39, 0.29) is 5.92 Å². The van der Waals surface area contributed by atoms with Crippen LogP contribution in [0.1, 0.15) is 28.8 Å². The molecule has 1 aliphatic rings. The largest absolute Gasteiger partial charge is 0.481 e. The van der Waals surface area contributed by atoms with Crippen LogP contribution in [-0.2, 0) is 24.7 Å². The number of rotatable bonds is 1. The van der Waals surface area contributed by atoms with E-state index in [0.29, 0.717) is 6.42 Å². The van der Waals surface area contributed by atoms with Gasteiger partial charge in [-0.15, -0.1) is 0 Å². The molecule has 0 amide bonds. The van der Waals surface area contributed by atoms with Crippen LogP contribution in [0.3, 0.4) is 0 Å². The number of aliphatic carboxylic acids is 1. The summed E-state index contributed by atoms with van der Waals surface area (Å²) in [5.41, 5.74) is 6.35. The minimum absolute atomic E-state index is 0.223. The normalized spacial score (nSPS) is 18.6. The highest BCUT2D eigenvalue weighted by Gasteiger charge is 2.28. The molecule has 100 valence electrons. The average molecular weight is 257 g/mol. The summed E-state index contributed by atoms with van der Waals surface area (Å²) in [5, 5.41) is 10.5. The predicted octanol–water partition coefficient (Wildman–Crippen LogP) is 2.98. The number of carboxylic acids is 1. The molecule has 0 saturated heterocycles. The van der Waals surface area contributed by atoms with Gasteiger partial charge in [0, 0.05) is 23.6 Å². The van der Waals surface area contributed by atoms with Gasteiger partial charge >= 0.3 is 5.97 Å². The van der Waals surface area contributed by atoms with Gasteiger partial charge in [-0.05, 0) is 55.9 Å². The lowest BCUT2D eigenvalue weighted by Gasteiger charge is -2.20. The van der Waals surface area contributed by atoms with E-state index in [2.05, 4.69) is 37.6 Å². The molecule has 1 aromatic carbocycles. The van der Waals surface area contributed by atoms with Crippen LogP contribution < -0.4 is 0 Å². The highest BCUT2D eigenvalue weighted by Crippen LogP contribution is 2.36. The summed E-state index contributed by atoms with van der Waals surface area (Å²) in [6.45, 7) is 4.23. The van der Waals surface area contributed by atoms with E-state index in [9.17, 15) is 9.90 Å².